The number of ether oxygens (including phenoxy) is 1. The number of aryl methyl sites for hydroxylation is 1. The van der Waals surface area contributed by atoms with Crippen LogP contribution < -0.4 is 10.1 Å². The summed E-state index contributed by atoms with van der Waals surface area (Å²) in [4.78, 5) is 24.3. The molecule has 7 heteroatoms. The summed E-state index contributed by atoms with van der Waals surface area (Å²) < 4.78 is 5.30. The molecule has 0 atom stereocenters. The van der Waals surface area contributed by atoms with Crippen LogP contribution in [0.2, 0.25) is 10.0 Å². The van der Waals surface area contributed by atoms with Gasteiger partial charge in [0.15, 0.2) is 6.61 Å². The monoisotopic (exact) mass is 341 g/mol. The largest absolute Gasteiger partial charge is 0.482 e. The van der Waals surface area contributed by atoms with Crippen molar-refractivity contribution in [3.05, 3.63) is 43.6 Å². The van der Waals surface area contributed by atoms with E-state index in [2.05, 4.69) is 5.32 Å². The average molecular weight is 342 g/mol. The number of rotatable bonds is 2. The number of carbonyl (C=O) groups excluding carboxylic acids is 2. The molecule has 0 radical (unpaired) electrons. The summed E-state index contributed by atoms with van der Waals surface area (Å²) in [7, 11) is 0. The molecular formula is C14H9Cl2NO3S. The number of carbonyl (C=O) groups is 2. The first-order chi connectivity index (χ1) is 9.97. The van der Waals surface area contributed by atoms with E-state index in [9.17, 15) is 9.59 Å². The zero-order chi connectivity index (χ0) is 15.1. The van der Waals surface area contributed by atoms with Gasteiger partial charge in [-0.15, -0.1) is 11.3 Å². The number of amides is 1. The van der Waals surface area contributed by atoms with Crippen molar-refractivity contribution in [1.29, 1.82) is 0 Å². The number of anilines is 1. The Hall–Kier alpha value is -1.56. The van der Waals surface area contributed by atoms with Gasteiger partial charge in [0.25, 0.3) is 5.91 Å². The van der Waals surface area contributed by atoms with Gasteiger partial charge in [0.1, 0.15) is 5.75 Å². The molecule has 1 aliphatic heterocycles. The van der Waals surface area contributed by atoms with Crippen LogP contribution in [0, 0.1) is 6.92 Å². The number of hydrogen-bond acceptors (Lipinski definition) is 4. The minimum Gasteiger partial charge on any atom is -0.482 e. The first-order valence-electron chi connectivity index (χ1n) is 6.02. The lowest BCUT2D eigenvalue weighted by Gasteiger charge is -2.19. The number of ketones is 1. The van der Waals surface area contributed by atoms with Gasteiger partial charge in [-0.05, 0) is 30.0 Å². The Morgan fingerprint density at radius 1 is 1.38 bits per heavy atom. The smallest absolute Gasteiger partial charge is 0.262 e. The second-order valence-corrected chi connectivity index (χ2v) is 6.22. The highest BCUT2D eigenvalue weighted by Gasteiger charge is 2.24. The molecule has 0 saturated carbocycles. The zero-order valence-electron chi connectivity index (χ0n) is 10.8. The van der Waals surface area contributed by atoms with E-state index in [-0.39, 0.29) is 23.3 Å². The summed E-state index contributed by atoms with van der Waals surface area (Å²) in [5.41, 5.74) is 1.61. The summed E-state index contributed by atoms with van der Waals surface area (Å²) >= 11 is 13.5. The lowest BCUT2D eigenvalue weighted by atomic mass is 10.1. The van der Waals surface area contributed by atoms with Gasteiger partial charge < -0.3 is 10.1 Å². The standard InChI is InChI=1S/C14H9Cl2NO3S/c1-6-5-21-14(12(6)16)13(19)7-2-10-9(3-8(7)15)17-11(18)4-20-10/h2-3,5H,4H2,1H3,(H,17,18). The topological polar surface area (TPSA) is 55.4 Å². The van der Waals surface area contributed by atoms with E-state index in [1.165, 1.54) is 23.5 Å². The minimum atomic E-state index is -0.258. The number of benzene rings is 1. The summed E-state index contributed by atoms with van der Waals surface area (Å²) in [6, 6.07) is 3.04. The molecule has 4 nitrogen and oxygen atoms in total. The predicted molar refractivity (Wildman–Crippen MR) is 83.1 cm³/mol. The van der Waals surface area contributed by atoms with Gasteiger partial charge in [0, 0.05) is 5.56 Å². The molecule has 0 saturated heterocycles. The number of nitrogens with one attached hydrogen (secondary N) is 1. The summed E-state index contributed by atoms with van der Waals surface area (Å²) in [6.45, 7) is 1.75. The molecule has 1 amide bonds. The molecule has 0 unspecified atom stereocenters. The van der Waals surface area contributed by atoms with Crippen molar-refractivity contribution in [2.45, 2.75) is 6.92 Å². The second kappa shape index (κ2) is 5.33. The molecule has 1 aliphatic rings. The van der Waals surface area contributed by atoms with Gasteiger partial charge in [-0.1, -0.05) is 23.2 Å². The lowest BCUT2D eigenvalue weighted by molar-refractivity contribution is -0.118. The van der Waals surface area contributed by atoms with Crippen LogP contribution in [0.3, 0.4) is 0 Å². The van der Waals surface area contributed by atoms with Gasteiger partial charge in [-0.3, -0.25) is 9.59 Å². The van der Waals surface area contributed by atoms with E-state index in [4.69, 9.17) is 27.9 Å². The molecule has 1 aromatic heterocycles. The Morgan fingerprint density at radius 2 is 2.14 bits per heavy atom. The molecule has 0 bridgehead atoms. The van der Waals surface area contributed by atoms with Crippen LogP contribution in [0.25, 0.3) is 0 Å². The summed E-state index contributed by atoms with van der Waals surface area (Å²) in [6.07, 6.45) is 0. The van der Waals surface area contributed by atoms with Crippen LogP contribution in [-0.4, -0.2) is 18.3 Å². The van der Waals surface area contributed by atoms with Crippen LogP contribution in [-0.2, 0) is 4.79 Å². The van der Waals surface area contributed by atoms with Crippen LogP contribution >= 0.6 is 34.5 Å². The fraction of sp³-hybridized carbons (Fsp3) is 0.143. The fourth-order valence-electron chi connectivity index (χ4n) is 1.98. The van der Waals surface area contributed by atoms with E-state index in [1.807, 2.05) is 12.3 Å². The van der Waals surface area contributed by atoms with Gasteiger partial charge in [0.2, 0.25) is 5.78 Å². The normalized spacial score (nSPS) is 13.4. The first kappa shape index (κ1) is 14.4. The van der Waals surface area contributed by atoms with E-state index in [1.54, 1.807) is 0 Å². The van der Waals surface area contributed by atoms with Crippen molar-refractivity contribution < 1.29 is 14.3 Å². The molecule has 2 heterocycles. The number of thiophene rings is 1. The third-order valence-electron chi connectivity index (χ3n) is 3.05. The predicted octanol–water partition coefficient (Wildman–Crippen LogP) is 3.93. The number of fused-ring (bicyclic) bond motifs is 1. The molecular weight excluding hydrogens is 333 g/mol. The van der Waals surface area contributed by atoms with Crippen LogP contribution in [0.1, 0.15) is 20.8 Å². The molecule has 2 aromatic rings. The Morgan fingerprint density at radius 3 is 2.81 bits per heavy atom. The highest BCUT2D eigenvalue weighted by Crippen LogP contribution is 2.36. The fourth-order valence-corrected chi connectivity index (χ4v) is 3.46. The molecule has 0 spiro atoms. The van der Waals surface area contributed by atoms with Crippen molar-refractivity contribution in [3.63, 3.8) is 0 Å². The maximum Gasteiger partial charge on any atom is 0.262 e. The van der Waals surface area contributed by atoms with Gasteiger partial charge >= 0.3 is 0 Å². The highest BCUT2D eigenvalue weighted by atomic mass is 35.5. The molecule has 0 fully saturated rings. The molecule has 21 heavy (non-hydrogen) atoms. The van der Waals surface area contributed by atoms with Crippen LogP contribution in [0.4, 0.5) is 5.69 Å². The quantitative estimate of drug-likeness (QED) is 0.842. The Balaban J connectivity index is 2.05. The van der Waals surface area contributed by atoms with Crippen LogP contribution in [0.5, 0.6) is 5.75 Å². The van der Waals surface area contributed by atoms with E-state index in [0.29, 0.717) is 26.9 Å². The zero-order valence-corrected chi connectivity index (χ0v) is 13.2. The second-order valence-electron chi connectivity index (χ2n) is 4.56. The molecule has 108 valence electrons. The summed E-state index contributed by atoms with van der Waals surface area (Å²) in [5.74, 6) is -0.0901. The third kappa shape index (κ3) is 2.52. The molecule has 1 N–H and O–H groups in total. The average Bonchev–Trinajstić information content (AvgIpc) is 2.77. The van der Waals surface area contributed by atoms with Crippen molar-refractivity contribution in [2.24, 2.45) is 0 Å². The van der Waals surface area contributed by atoms with Crippen molar-refractivity contribution in [1.82, 2.24) is 0 Å². The first-order valence-corrected chi connectivity index (χ1v) is 7.65. The van der Waals surface area contributed by atoms with Crippen LogP contribution in [0.15, 0.2) is 17.5 Å². The highest BCUT2D eigenvalue weighted by molar-refractivity contribution is 7.13. The third-order valence-corrected chi connectivity index (χ3v) is 5.06. The number of halogens is 2. The van der Waals surface area contributed by atoms with Gasteiger partial charge in [-0.2, -0.15) is 0 Å². The molecule has 1 aromatic carbocycles. The minimum absolute atomic E-state index is 0.0822. The Labute approximate surface area is 134 Å². The SMILES string of the molecule is Cc1csc(C(=O)c2cc3c(cc2Cl)NC(=O)CO3)c1Cl. The lowest BCUT2D eigenvalue weighted by Crippen LogP contribution is -2.25. The van der Waals surface area contributed by atoms with E-state index >= 15 is 0 Å². The Kier molecular flexibility index (Phi) is 3.65. The van der Waals surface area contributed by atoms with Gasteiger partial charge in [-0.25, -0.2) is 0 Å². The Bertz CT molecular complexity index is 770. The molecule has 3 rings (SSSR count). The van der Waals surface area contributed by atoms with E-state index in [0.717, 1.165) is 5.56 Å². The maximum absolute atomic E-state index is 12.6. The van der Waals surface area contributed by atoms with E-state index < -0.39 is 0 Å². The van der Waals surface area contributed by atoms with Gasteiger partial charge in [0.05, 0.1) is 20.6 Å². The number of hydrogen-bond donors (Lipinski definition) is 1. The molecule has 0 aliphatic carbocycles. The van der Waals surface area contributed by atoms with Crippen molar-refractivity contribution in [3.8, 4) is 5.75 Å². The maximum atomic E-state index is 12.6. The summed E-state index contributed by atoms with van der Waals surface area (Å²) in [5, 5.41) is 5.14. The van der Waals surface area contributed by atoms with Crippen molar-refractivity contribution in [2.75, 3.05) is 11.9 Å². The van der Waals surface area contributed by atoms with Crippen molar-refractivity contribution >= 4 is 51.9 Å².